The molecular weight excluding hydrogens is 616 g/mol. The number of fused-ring (bicyclic) bond motifs is 1. The van der Waals surface area contributed by atoms with Crippen LogP contribution in [0, 0.1) is 0 Å². The summed E-state index contributed by atoms with van der Waals surface area (Å²) in [5, 5.41) is 2.54. The molecule has 0 radical (unpaired) electrons. The lowest BCUT2D eigenvalue weighted by molar-refractivity contribution is -0.138. The molecule has 222 valence electrons. The Morgan fingerprint density at radius 3 is 2.59 bits per heavy atom. The maximum atomic E-state index is 14.2. The first-order chi connectivity index (χ1) is 21.5. The Hall–Kier alpha value is -4.44. The van der Waals surface area contributed by atoms with Crippen molar-refractivity contribution in [3.8, 4) is 11.5 Å². The zero-order chi connectivity index (χ0) is 30.6. The molecule has 3 heterocycles. The minimum absolute atomic E-state index is 0.194. The van der Waals surface area contributed by atoms with Crippen molar-refractivity contribution in [2.24, 2.45) is 4.99 Å². The minimum atomic E-state index is -0.702. The topological polar surface area (TPSA) is 79.1 Å². The number of halogens is 1. The van der Waals surface area contributed by atoms with Crippen LogP contribution >= 0.6 is 34.3 Å². The zero-order valence-corrected chi connectivity index (χ0v) is 26.2. The third-order valence-corrected chi connectivity index (χ3v) is 9.12. The van der Waals surface area contributed by atoms with Crippen LogP contribution in [-0.4, -0.2) is 24.3 Å². The van der Waals surface area contributed by atoms with Crippen molar-refractivity contribution < 1.29 is 19.0 Å². The number of rotatable bonds is 9. The Labute approximate surface area is 266 Å². The second-order valence-electron chi connectivity index (χ2n) is 9.74. The molecule has 0 bridgehead atoms. The van der Waals surface area contributed by atoms with Crippen LogP contribution in [0.15, 0.2) is 106 Å². The highest BCUT2D eigenvalue weighted by Crippen LogP contribution is 2.37. The fourth-order valence-corrected chi connectivity index (χ4v) is 7.07. The third-order valence-electron chi connectivity index (χ3n) is 6.97. The Balaban J connectivity index is 1.53. The van der Waals surface area contributed by atoms with E-state index in [1.807, 2.05) is 78.2 Å². The predicted molar refractivity (Wildman–Crippen MR) is 174 cm³/mol. The molecule has 1 atom stereocenters. The second-order valence-corrected chi connectivity index (χ2v) is 12.2. The van der Waals surface area contributed by atoms with E-state index in [9.17, 15) is 9.59 Å². The van der Waals surface area contributed by atoms with Crippen LogP contribution in [-0.2, 0) is 16.1 Å². The van der Waals surface area contributed by atoms with Gasteiger partial charge in [-0.3, -0.25) is 9.36 Å². The molecule has 0 saturated heterocycles. The molecule has 0 aliphatic carbocycles. The van der Waals surface area contributed by atoms with Crippen LogP contribution in [0.4, 0.5) is 0 Å². The third kappa shape index (κ3) is 5.86. The van der Waals surface area contributed by atoms with E-state index in [1.165, 1.54) is 22.7 Å². The number of thiophene rings is 1. The standard InChI is InChI=1S/C34H27ClN2O5S2/c1-3-41-33(39)28-29(22-11-5-4-6-12-22)36-34-37(30(28)26-16-9-17-43-26)32(38)27(44-34)19-23-13-8-15-25(40-2)31(23)42-20-21-10-7-14-24(35)18-21/h4-19,30H,3,20H2,1-2H3/b27-19-/t30-/m0/s1. The highest BCUT2D eigenvalue weighted by molar-refractivity contribution is 7.10. The number of ether oxygens (including phenoxy) is 3. The Morgan fingerprint density at radius 1 is 1.05 bits per heavy atom. The fraction of sp³-hybridized carbons (Fsp3) is 0.147. The minimum Gasteiger partial charge on any atom is -0.493 e. The molecule has 6 rings (SSSR count). The quantitative estimate of drug-likeness (QED) is 0.178. The highest BCUT2D eigenvalue weighted by atomic mass is 35.5. The molecule has 0 spiro atoms. The van der Waals surface area contributed by atoms with Crippen LogP contribution in [0.1, 0.15) is 34.5 Å². The van der Waals surface area contributed by atoms with Gasteiger partial charge in [-0.25, -0.2) is 9.79 Å². The van der Waals surface area contributed by atoms with Gasteiger partial charge in [-0.15, -0.1) is 11.3 Å². The molecule has 0 unspecified atom stereocenters. The van der Waals surface area contributed by atoms with E-state index in [2.05, 4.69) is 0 Å². The molecule has 7 nitrogen and oxygen atoms in total. The van der Waals surface area contributed by atoms with E-state index in [0.29, 0.717) is 42.7 Å². The van der Waals surface area contributed by atoms with Gasteiger partial charge in [0.05, 0.1) is 29.5 Å². The van der Waals surface area contributed by atoms with Crippen molar-refractivity contribution in [3.63, 3.8) is 0 Å². The number of esters is 1. The normalized spacial score (nSPS) is 14.6. The molecule has 0 saturated carbocycles. The van der Waals surface area contributed by atoms with Crippen molar-refractivity contribution in [2.45, 2.75) is 19.6 Å². The van der Waals surface area contributed by atoms with Gasteiger partial charge in [0, 0.05) is 21.0 Å². The summed E-state index contributed by atoms with van der Waals surface area (Å²) < 4.78 is 19.4. The summed E-state index contributed by atoms with van der Waals surface area (Å²) in [6.07, 6.45) is 1.78. The van der Waals surface area contributed by atoms with Crippen LogP contribution < -0.4 is 24.4 Å². The summed E-state index contributed by atoms with van der Waals surface area (Å²) in [4.78, 5) is 34.0. The molecule has 3 aromatic carbocycles. The molecule has 5 aromatic rings. The maximum Gasteiger partial charge on any atom is 0.338 e. The van der Waals surface area contributed by atoms with E-state index >= 15 is 0 Å². The van der Waals surface area contributed by atoms with Crippen molar-refractivity contribution in [2.75, 3.05) is 13.7 Å². The molecule has 1 aliphatic heterocycles. The number of carbonyl (C=O) groups excluding carboxylic acids is 1. The fourth-order valence-electron chi connectivity index (χ4n) is 5.04. The second kappa shape index (κ2) is 13.1. The summed E-state index contributed by atoms with van der Waals surface area (Å²) in [6.45, 7) is 2.21. The Kier molecular flexibility index (Phi) is 8.79. The molecule has 1 aliphatic rings. The van der Waals surface area contributed by atoms with Gasteiger partial charge < -0.3 is 14.2 Å². The van der Waals surface area contributed by atoms with E-state index in [1.54, 1.807) is 36.8 Å². The average Bonchev–Trinajstić information content (AvgIpc) is 3.68. The summed E-state index contributed by atoms with van der Waals surface area (Å²) in [6, 6.07) is 25.6. The number of hydrogen-bond acceptors (Lipinski definition) is 8. The molecular formula is C34H27ClN2O5S2. The van der Waals surface area contributed by atoms with Gasteiger partial charge in [-0.2, -0.15) is 0 Å². The summed E-state index contributed by atoms with van der Waals surface area (Å²) in [5.74, 6) is 0.515. The number of methoxy groups -OCH3 is 1. The first-order valence-corrected chi connectivity index (χ1v) is 15.9. The number of aromatic nitrogens is 1. The molecule has 0 N–H and O–H groups in total. The number of hydrogen-bond donors (Lipinski definition) is 0. The van der Waals surface area contributed by atoms with E-state index in [0.717, 1.165) is 16.0 Å². The molecule has 44 heavy (non-hydrogen) atoms. The highest BCUT2D eigenvalue weighted by Gasteiger charge is 2.35. The van der Waals surface area contributed by atoms with Gasteiger partial charge in [0.15, 0.2) is 16.3 Å². The van der Waals surface area contributed by atoms with Gasteiger partial charge in [0.25, 0.3) is 5.56 Å². The number of carbonyl (C=O) groups is 1. The summed E-state index contributed by atoms with van der Waals surface area (Å²) >= 11 is 8.90. The Morgan fingerprint density at radius 2 is 1.86 bits per heavy atom. The van der Waals surface area contributed by atoms with Crippen LogP contribution in [0.5, 0.6) is 11.5 Å². The first-order valence-electron chi connectivity index (χ1n) is 13.8. The number of thiazole rings is 1. The first kappa shape index (κ1) is 29.6. The average molecular weight is 643 g/mol. The number of benzene rings is 3. The van der Waals surface area contributed by atoms with E-state index in [4.69, 9.17) is 30.8 Å². The van der Waals surface area contributed by atoms with Crippen LogP contribution in [0.3, 0.4) is 0 Å². The van der Waals surface area contributed by atoms with Gasteiger partial charge >= 0.3 is 5.97 Å². The van der Waals surface area contributed by atoms with Gasteiger partial charge in [-0.1, -0.05) is 83.6 Å². The molecule has 0 amide bonds. The lowest BCUT2D eigenvalue weighted by atomic mass is 9.97. The monoisotopic (exact) mass is 642 g/mol. The smallest absolute Gasteiger partial charge is 0.338 e. The van der Waals surface area contributed by atoms with E-state index < -0.39 is 12.0 Å². The van der Waals surface area contributed by atoms with Gasteiger partial charge in [0.2, 0.25) is 0 Å². The van der Waals surface area contributed by atoms with Crippen LogP contribution in [0.2, 0.25) is 5.02 Å². The van der Waals surface area contributed by atoms with Crippen molar-refractivity contribution in [1.29, 1.82) is 0 Å². The van der Waals surface area contributed by atoms with Crippen molar-refractivity contribution >= 4 is 52.0 Å². The Bertz CT molecular complexity index is 2030. The zero-order valence-electron chi connectivity index (χ0n) is 23.9. The van der Waals surface area contributed by atoms with Crippen LogP contribution in [0.25, 0.3) is 11.8 Å². The summed E-state index contributed by atoms with van der Waals surface area (Å²) in [5.41, 5.74) is 2.86. The number of para-hydroxylation sites is 1. The molecule has 2 aromatic heterocycles. The summed E-state index contributed by atoms with van der Waals surface area (Å²) in [7, 11) is 1.57. The largest absolute Gasteiger partial charge is 0.493 e. The number of nitrogens with zero attached hydrogens (tertiary/aromatic N) is 2. The van der Waals surface area contributed by atoms with Gasteiger partial charge in [0.1, 0.15) is 12.6 Å². The molecule has 10 heteroatoms. The SMILES string of the molecule is CCOC(=O)C1=C(c2ccccc2)N=c2s/c(=C\c3cccc(OC)c3OCc3cccc(Cl)c3)c(=O)n2[C@H]1c1cccs1. The van der Waals surface area contributed by atoms with Crippen molar-refractivity contribution in [3.05, 3.63) is 142 Å². The van der Waals surface area contributed by atoms with Gasteiger partial charge in [-0.05, 0) is 48.2 Å². The lowest BCUT2D eigenvalue weighted by Crippen LogP contribution is -2.39. The molecule has 0 fully saturated rings. The van der Waals surface area contributed by atoms with E-state index in [-0.39, 0.29) is 18.8 Å². The van der Waals surface area contributed by atoms with Crippen molar-refractivity contribution in [1.82, 2.24) is 4.57 Å². The maximum absolute atomic E-state index is 14.2. The predicted octanol–water partition coefficient (Wildman–Crippen LogP) is 6.24. The lowest BCUT2D eigenvalue weighted by Gasteiger charge is -2.24.